The summed E-state index contributed by atoms with van der Waals surface area (Å²) in [5.74, 6) is 0.244. The second-order valence-corrected chi connectivity index (χ2v) is 8.73. The number of hydrogen-bond acceptors (Lipinski definition) is 5. The molecule has 1 aliphatic carbocycles. The molecule has 28 heavy (non-hydrogen) atoms. The molecule has 1 N–H and O–H groups in total. The highest BCUT2D eigenvalue weighted by Gasteiger charge is 2.26. The number of hydrogen-bond donors (Lipinski definition) is 1. The molecule has 3 heterocycles. The molecule has 0 amide bonds. The van der Waals surface area contributed by atoms with Gasteiger partial charge < -0.3 is 9.67 Å². The number of rotatable bonds is 4. The van der Waals surface area contributed by atoms with E-state index in [4.69, 9.17) is 0 Å². The van der Waals surface area contributed by atoms with Gasteiger partial charge in [-0.05, 0) is 48.6 Å². The molecule has 5 nitrogen and oxygen atoms in total. The van der Waals surface area contributed by atoms with E-state index < -0.39 is 0 Å². The summed E-state index contributed by atoms with van der Waals surface area (Å²) in [6, 6.07) is 7.66. The fraction of sp³-hybridized carbons (Fsp3) is 0.455. The second-order valence-electron chi connectivity index (χ2n) is 7.96. The lowest BCUT2D eigenvalue weighted by atomic mass is 9.91. The largest absolute Gasteiger partial charge is 0.494 e. The molecule has 0 atom stereocenters. The van der Waals surface area contributed by atoms with E-state index in [-0.39, 0.29) is 5.88 Å². The molecular weight excluding hydrogens is 368 g/mol. The van der Waals surface area contributed by atoms with Gasteiger partial charge in [0.05, 0.1) is 17.4 Å². The van der Waals surface area contributed by atoms with Crippen molar-refractivity contribution in [2.45, 2.75) is 49.8 Å². The van der Waals surface area contributed by atoms with Crippen LogP contribution in [0.2, 0.25) is 0 Å². The van der Waals surface area contributed by atoms with Gasteiger partial charge in [-0.1, -0.05) is 36.4 Å². The molecule has 1 aromatic carbocycles. The molecule has 2 aliphatic rings. The monoisotopic (exact) mass is 394 g/mol. The fourth-order valence-electron chi connectivity index (χ4n) is 4.44. The first-order valence-corrected chi connectivity index (χ1v) is 11.4. The van der Waals surface area contributed by atoms with Crippen LogP contribution in [0, 0.1) is 0 Å². The Kier molecular flexibility index (Phi) is 4.77. The number of thioether (sulfide) groups is 1. The summed E-state index contributed by atoms with van der Waals surface area (Å²) in [4.78, 5) is 11.5. The Balaban J connectivity index is 1.37. The number of nitrogens with zero attached hydrogens (tertiary/aromatic N) is 4. The molecule has 1 saturated carbocycles. The Labute approximate surface area is 169 Å². The van der Waals surface area contributed by atoms with E-state index in [0.29, 0.717) is 11.9 Å². The fourth-order valence-corrected chi connectivity index (χ4v) is 4.79. The zero-order valence-corrected chi connectivity index (χ0v) is 17.1. The molecule has 3 aromatic rings. The summed E-state index contributed by atoms with van der Waals surface area (Å²) < 4.78 is 1.88. The summed E-state index contributed by atoms with van der Waals surface area (Å²) in [7, 11) is 0. The van der Waals surface area contributed by atoms with Gasteiger partial charge in [0.1, 0.15) is 0 Å². The lowest BCUT2D eigenvalue weighted by molar-refractivity contribution is 0.133. The molecule has 0 saturated heterocycles. The third kappa shape index (κ3) is 3.29. The van der Waals surface area contributed by atoms with Crippen molar-refractivity contribution in [1.29, 1.82) is 0 Å². The minimum absolute atomic E-state index is 0.244. The Morgan fingerprint density at radius 3 is 2.75 bits per heavy atom. The number of aromatic nitrogens is 3. The van der Waals surface area contributed by atoms with Crippen LogP contribution in [0.3, 0.4) is 0 Å². The van der Waals surface area contributed by atoms with E-state index in [9.17, 15) is 5.11 Å². The first-order valence-electron chi connectivity index (χ1n) is 10.1. The van der Waals surface area contributed by atoms with Gasteiger partial charge in [0.15, 0.2) is 5.16 Å². The molecule has 2 aromatic heterocycles. The molecule has 0 radical (unpaired) electrons. The smallest absolute Gasteiger partial charge is 0.202 e. The van der Waals surface area contributed by atoms with Gasteiger partial charge in [-0.15, -0.1) is 0 Å². The van der Waals surface area contributed by atoms with E-state index in [0.717, 1.165) is 29.6 Å². The summed E-state index contributed by atoms with van der Waals surface area (Å²) in [5.41, 5.74) is 4.98. The third-order valence-corrected chi connectivity index (χ3v) is 6.88. The normalized spacial score (nSPS) is 18.0. The lowest BCUT2D eigenvalue weighted by Gasteiger charge is -2.36. The third-order valence-electron chi connectivity index (χ3n) is 6.32. The number of aromatic hydroxyl groups is 1. The van der Waals surface area contributed by atoms with Crippen LogP contribution in [0.5, 0.6) is 5.88 Å². The van der Waals surface area contributed by atoms with Crippen molar-refractivity contribution in [1.82, 2.24) is 19.4 Å². The average molecular weight is 395 g/mol. The molecule has 6 heteroatoms. The maximum Gasteiger partial charge on any atom is 0.202 e. The van der Waals surface area contributed by atoms with Gasteiger partial charge in [-0.2, -0.15) is 0 Å². The molecule has 0 spiro atoms. The Hall–Kier alpha value is -2.05. The highest BCUT2D eigenvalue weighted by atomic mass is 32.2. The lowest BCUT2D eigenvalue weighted by Crippen LogP contribution is -2.41. The molecule has 1 aliphatic heterocycles. The Morgan fingerprint density at radius 1 is 1.18 bits per heavy atom. The highest BCUT2D eigenvalue weighted by molar-refractivity contribution is 7.98. The summed E-state index contributed by atoms with van der Waals surface area (Å²) >= 11 is 1.51. The first kappa shape index (κ1) is 18.0. The SMILES string of the molecule is CSc1ncc2c(O)n(Cc3ccc4c(c3)CCN(C3CCC3)CC4)cc2n1. The number of benzene rings is 1. The van der Waals surface area contributed by atoms with Crippen LogP contribution in [-0.4, -0.2) is 49.9 Å². The van der Waals surface area contributed by atoms with Crippen molar-refractivity contribution in [3.05, 3.63) is 47.3 Å². The second kappa shape index (κ2) is 7.41. The number of fused-ring (bicyclic) bond motifs is 2. The van der Waals surface area contributed by atoms with E-state index >= 15 is 0 Å². The summed E-state index contributed by atoms with van der Waals surface area (Å²) in [6.07, 6.45) is 12.0. The predicted molar refractivity (Wildman–Crippen MR) is 113 cm³/mol. The van der Waals surface area contributed by atoms with Crippen molar-refractivity contribution in [3.8, 4) is 5.88 Å². The van der Waals surface area contributed by atoms with Crippen LogP contribution >= 0.6 is 11.8 Å². The molecular formula is C22H26N4OS. The average Bonchev–Trinajstić information content (AvgIpc) is 2.84. The van der Waals surface area contributed by atoms with Crippen molar-refractivity contribution in [2.75, 3.05) is 19.3 Å². The summed E-state index contributed by atoms with van der Waals surface area (Å²) in [5, 5.41) is 12.0. The van der Waals surface area contributed by atoms with Crippen LogP contribution in [0.25, 0.3) is 10.9 Å². The molecule has 146 valence electrons. The van der Waals surface area contributed by atoms with E-state index in [1.54, 1.807) is 6.20 Å². The quantitative estimate of drug-likeness (QED) is 0.538. The van der Waals surface area contributed by atoms with Crippen molar-refractivity contribution >= 4 is 22.7 Å². The maximum atomic E-state index is 10.6. The molecule has 1 fully saturated rings. The molecule has 0 unspecified atom stereocenters. The minimum Gasteiger partial charge on any atom is -0.494 e. The standard InChI is InChI=1S/C22H26N4OS/c1-28-22-23-12-19-20(24-22)14-26(21(19)27)13-15-5-6-16-7-9-25(18-3-2-4-18)10-8-17(16)11-15/h5-6,11-12,14,18,27H,2-4,7-10,13H2,1H3. The van der Waals surface area contributed by atoms with Crippen LogP contribution in [0.15, 0.2) is 35.7 Å². The van der Waals surface area contributed by atoms with Gasteiger partial charge in [0.2, 0.25) is 5.88 Å². The Bertz CT molecular complexity index is 1010. The van der Waals surface area contributed by atoms with Crippen LogP contribution < -0.4 is 0 Å². The topological polar surface area (TPSA) is 54.2 Å². The predicted octanol–water partition coefficient (Wildman–Crippen LogP) is 3.86. The van der Waals surface area contributed by atoms with Crippen molar-refractivity contribution < 1.29 is 5.11 Å². The van der Waals surface area contributed by atoms with Crippen LogP contribution in [-0.2, 0) is 19.4 Å². The van der Waals surface area contributed by atoms with Crippen LogP contribution in [0.4, 0.5) is 0 Å². The van der Waals surface area contributed by atoms with Crippen LogP contribution in [0.1, 0.15) is 36.0 Å². The van der Waals surface area contributed by atoms with E-state index in [2.05, 4.69) is 33.1 Å². The minimum atomic E-state index is 0.244. The van der Waals surface area contributed by atoms with Gasteiger partial charge in [0, 0.05) is 31.5 Å². The van der Waals surface area contributed by atoms with E-state index in [1.165, 1.54) is 60.8 Å². The highest BCUT2D eigenvalue weighted by Crippen LogP contribution is 2.29. The van der Waals surface area contributed by atoms with Gasteiger partial charge in [-0.25, -0.2) is 9.97 Å². The van der Waals surface area contributed by atoms with Crippen molar-refractivity contribution in [2.24, 2.45) is 0 Å². The Morgan fingerprint density at radius 2 is 2.00 bits per heavy atom. The van der Waals surface area contributed by atoms with Gasteiger partial charge in [0.25, 0.3) is 0 Å². The van der Waals surface area contributed by atoms with Crippen molar-refractivity contribution in [3.63, 3.8) is 0 Å². The molecule has 5 rings (SSSR count). The zero-order valence-electron chi connectivity index (χ0n) is 16.3. The summed E-state index contributed by atoms with van der Waals surface area (Å²) in [6.45, 7) is 3.01. The first-order chi connectivity index (χ1) is 13.7. The maximum absolute atomic E-state index is 10.6. The van der Waals surface area contributed by atoms with Gasteiger partial charge >= 0.3 is 0 Å². The molecule has 0 bridgehead atoms. The zero-order chi connectivity index (χ0) is 19.1. The van der Waals surface area contributed by atoms with E-state index in [1.807, 2.05) is 17.0 Å². The van der Waals surface area contributed by atoms with Gasteiger partial charge in [-0.3, -0.25) is 4.90 Å².